The third-order valence-electron chi connectivity index (χ3n) is 3.11. The number of carbonyl (C=O) groups excluding carboxylic acids is 2. The molecule has 0 fully saturated rings. The molecule has 2 aromatic rings. The normalized spacial score (nSPS) is 9.31. The molecule has 2 N–H and O–H groups in total. The molecule has 0 atom stereocenters. The molecule has 2 rings (SSSR count). The fourth-order valence-electron chi connectivity index (χ4n) is 1.82. The summed E-state index contributed by atoms with van der Waals surface area (Å²) in [6.07, 6.45) is 3.12. The van der Waals surface area contributed by atoms with Gasteiger partial charge in [-0.1, -0.05) is 43.5 Å². The molecule has 6 heteroatoms. The van der Waals surface area contributed by atoms with E-state index in [1.807, 2.05) is 30.3 Å². The first-order valence-corrected chi connectivity index (χ1v) is 7.79. The minimum Gasteiger partial charge on any atom is -0.352 e. The van der Waals surface area contributed by atoms with Crippen LogP contribution in [-0.2, 0) is 16.0 Å². The van der Waals surface area contributed by atoms with Crippen molar-refractivity contribution in [2.24, 2.45) is 0 Å². The van der Waals surface area contributed by atoms with Crippen LogP contribution in [0.5, 0.6) is 0 Å². The second-order valence-corrected chi connectivity index (χ2v) is 5.05. The second kappa shape index (κ2) is 11.3. The van der Waals surface area contributed by atoms with Gasteiger partial charge in [0.2, 0.25) is 11.8 Å². The predicted octanol–water partition coefficient (Wildman–Crippen LogP) is 3.62. The molecule has 0 radical (unpaired) electrons. The van der Waals surface area contributed by atoms with Crippen LogP contribution < -0.4 is 10.6 Å². The molecule has 2 aromatic carbocycles. The SMILES string of the molecule is C=CC(=O)NCCc1ccccc1.C=CC(=O)Nc1cc(F)ccc1F. The van der Waals surface area contributed by atoms with Crippen molar-refractivity contribution in [1.82, 2.24) is 5.32 Å². The van der Waals surface area contributed by atoms with E-state index in [0.29, 0.717) is 6.54 Å². The number of halogens is 2. The van der Waals surface area contributed by atoms with Crippen molar-refractivity contribution < 1.29 is 18.4 Å². The van der Waals surface area contributed by atoms with E-state index in [-0.39, 0.29) is 11.6 Å². The molecular formula is C20H20F2N2O2. The van der Waals surface area contributed by atoms with Crippen molar-refractivity contribution in [3.05, 3.63) is 91.0 Å². The van der Waals surface area contributed by atoms with Gasteiger partial charge in [-0.05, 0) is 36.3 Å². The van der Waals surface area contributed by atoms with E-state index in [1.165, 1.54) is 11.6 Å². The van der Waals surface area contributed by atoms with Crippen molar-refractivity contribution in [1.29, 1.82) is 0 Å². The highest BCUT2D eigenvalue weighted by Gasteiger charge is 2.04. The molecule has 26 heavy (non-hydrogen) atoms. The first-order chi connectivity index (χ1) is 12.5. The lowest BCUT2D eigenvalue weighted by molar-refractivity contribution is -0.116. The van der Waals surface area contributed by atoms with Gasteiger partial charge >= 0.3 is 0 Å². The van der Waals surface area contributed by atoms with Gasteiger partial charge in [-0.15, -0.1) is 0 Å². The molecule has 0 heterocycles. The Labute approximate surface area is 151 Å². The zero-order chi connectivity index (χ0) is 19.4. The van der Waals surface area contributed by atoms with Gasteiger partial charge in [0.05, 0.1) is 5.69 Å². The first kappa shape index (κ1) is 20.8. The topological polar surface area (TPSA) is 58.2 Å². The fraction of sp³-hybridized carbons (Fsp3) is 0.100. The summed E-state index contributed by atoms with van der Waals surface area (Å²) in [5, 5.41) is 4.85. The minimum absolute atomic E-state index is 0.115. The molecule has 0 saturated carbocycles. The first-order valence-electron chi connectivity index (χ1n) is 7.79. The summed E-state index contributed by atoms with van der Waals surface area (Å²) < 4.78 is 25.4. The molecule has 0 bridgehead atoms. The number of rotatable bonds is 6. The van der Waals surface area contributed by atoms with Crippen LogP contribution in [0.25, 0.3) is 0 Å². The Morgan fingerprint density at radius 3 is 2.23 bits per heavy atom. The van der Waals surface area contributed by atoms with E-state index >= 15 is 0 Å². The van der Waals surface area contributed by atoms with E-state index in [4.69, 9.17) is 0 Å². The van der Waals surface area contributed by atoms with Crippen LogP contribution in [0.4, 0.5) is 14.5 Å². The standard InChI is InChI=1S/C11H13NO.C9H7F2NO/c1-2-11(13)12-9-8-10-6-4-3-5-7-10;1-2-9(13)12-8-5-6(10)3-4-7(8)11/h2-7H,1,8-9H2,(H,12,13);2-5H,1H2,(H,12,13). The van der Waals surface area contributed by atoms with Gasteiger partial charge < -0.3 is 10.6 Å². The highest BCUT2D eigenvalue weighted by molar-refractivity contribution is 5.98. The van der Waals surface area contributed by atoms with Crippen LogP contribution in [0.2, 0.25) is 0 Å². The number of hydrogen-bond donors (Lipinski definition) is 2. The zero-order valence-corrected chi connectivity index (χ0v) is 14.2. The van der Waals surface area contributed by atoms with E-state index in [2.05, 4.69) is 23.8 Å². The average molecular weight is 358 g/mol. The Balaban J connectivity index is 0.000000260. The van der Waals surface area contributed by atoms with E-state index < -0.39 is 17.5 Å². The smallest absolute Gasteiger partial charge is 0.247 e. The van der Waals surface area contributed by atoms with E-state index in [1.54, 1.807) is 0 Å². The number of carbonyl (C=O) groups is 2. The molecular weight excluding hydrogens is 338 g/mol. The molecule has 136 valence electrons. The van der Waals surface area contributed by atoms with Gasteiger partial charge in [-0.2, -0.15) is 0 Å². The van der Waals surface area contributed by atoms with Crippen LogP contribution in [0.3, 0.4) is 0 Å². The predicted molar refractivity (Wildman–Crippen MR) is 98.5 cm³/mol. The maximum atomic E-state index is 12.9. The van der Waals surface area contributed by atoms with Crippen molar-refractivity contribution in [2.75, 3.05) is 11.9 Å². The number of hydrogen-bond acceptors (Lipinski definition) is 2. The largest absolute Gasteiger partial charge is 0.352 e. The monoisotopic (exact) mass is 358 g/mol. The number of amides is 2. The molecule has 0 aromatic heterocycles. The second-order valence-electron chi connectivity index (χ2n) is 5.05. The van der Waals surface area contributed by atoms with Crippen molar-refractivity contribution in [3.8, 4) is 0 Å². The van der Waals surface area contributed by atoms with Crippen LogP contribution in [0.15, 0.2) is 73.8 Å². The third-order valence-corrected chi connectivity index (χ3v) is 3.11. The quantitative estimate of drug-likeness (QED) is 0.775. The Kier molecular flexibility index (Phi) is 9.03. The lowest BCUT2D eigenvalue weighted by Gasteiger charge is -2.02. The molecule has 0 aliphatic heterocycles. The Hall–Kier alpha value is -3.28. The van der Waals surface area contributed by atoms with E-state index in [9.17, 15) is 18.4 Å². The molecule has 0 unspecified atom stereocenters. The van der Waals surface area contributed by atoms with Gasteiger partial charge in [-0.25, -0.2) is 8.78 Å². The fourth-order valence-corrected chi connectivity index (χ4v) is 1.82. The van der Waals surface area contributed by atoms with E-state index in [0.717, 1.165) is 30.7 Å². The number of nitrogens with one attached hydrogen (secondary N) is 2. The van der Waals surface area contributed by atoms with Crippen molar-refractivity contribution in [2.45, 2.75) is 6.42 Å². The van der Waals surface area contributed by atoms with Crippen LogP contribution in [0, 0.1) is 11.6 Å². The summed E-state index contributed by atoms with van der Waals surface area (Å²) in [7, 11) is 0. The van der Waals surface area contributed by atoms with Crippen molar-refractivity contribution >= 4 is 17.5 Å². The number of anilines is 1. The molecule has 0 spiro atoms. The Bertz CT molecular complexity index is 762. The lowest BCUT2D eigenvalue weighted by atomic mass is 10.1. The Morgan fingerprint density at radius 1 is 0.962 bits per heavy atom. The van der Waals surface area contributed by atoms with Gasteiger partial charge in [0.25, 0.3) is 0 Å². The summed E-state index contributed by atoms with van der Waals surface area (Å²) in [6.45, 7) is 7.22. The molecule has 2 amide bonds. The van der Waals surface area contributed by atoms with Crippen LogP contribution in [0.1, 0.15) is 5.56 Å². The maximum Gasteiger partial charge on any atom is 0.247 e. The molecule has 0 saturated heterocycles. The minimum atomic E-state index is -0.684. The van der Waals surface area contributed by atoms with Crippen LogP contribution >= 0.6 is 0 Å². The lowest BCUT2D eigenvalue weighted by Crippen LogP contribution is -2.23. The van der Waals surface area contributed by atoms with Gasteiger partial charge in [0, 0.05) is 12.6 Å². The van der Waals surface area contributed by atoms with Gasteiger partial charge in [0.1, 0.15) is 11.6 Å². The zero-order valence-electron chi connectivity index (χ0n) is 14.2. The summed E-state index contributed by atoms with van der Waals surface area (Å²) in [4.78, 5) is 21.5. The summed E-state index contributed by atoms with van der Waals surface area (Å²) in [5.41, 5.74) is 1.04. The summed E-state index contributed by atoms with van der Waals surface area (Å²) in [5.74, 6) is -1.99. The summed E-state index contributed by atoms with van der Waals surface area (Å²) in [6, 6.07) is 12.9. The van der Waals surface area contributed by atoms with Crippen molar-refractivity contribution in [3.63, 3.8) is 0 Å². The molecule has 4 nitrogen and oxygen atoms in total. The number of benzene rings is 2. The maximum absolute atomic E-state index is 12.9. The molecule has 0 aliphatic carbocycles. The van der Waals surface area contributed by atoms with Gasteiger partial charge in [0.15, 0.2) is 0 Å². The highest BCUT2D eigenvalue weighted by atomic mass is 19.1. The van der Waals surface area contributed by atoms with Gasteiger partial charge in [-0.3, -0.25) is 9.59 Å². The Morgan fingerprint density at radius 2 is 1.62 bits per heavy atom. The molecule has 0 aliphatic rings. The average Bonchev–Trinajstić information content (AvgIpc) is 2.65. The summed E-state index contributed by atoms with van der Waals surface area (Å²) >= 11 is 0. The van der Waals surface area contributed by atoms with Crippen LogP contribution in [-0.4, -0.2) is 18.4 Å². The highest BCUT2D eigenvalue weighted by Crippen LogP contribution is 2.14. The third kappa shape index (κ3) is 8.01.